The highest BCUT2D eigenvalue weighted by Gasteiger charge is 2.11. The Hall–Kier alpha value is -2.21. The second-order valence-corrected chi connectivity index (χ2v) is 4.05. The molecule has 0 heterocycles. The zero-order valence-corrected chi connectivity index (χ0v) is 9.96. The summed E-state index contributed by atoms with van der Waals surface area (Å²) >= 11 is -2.16. The number of para-hydroxylation sites is 4. The van der Waals surface area contributed by atoms with Crippen molar-refractivity contribution in [3.63, 3.8) is 0 Å². The SMILES string of the molecule is O=S(Oc1ccccc1O)Oc1ccccc1O. The molecule has 0 fully saturated rings. The predicted molar refractivity (Wildman–Crippen MR) is 65.6 cm³/mol. The van der Waals surface area contributed by atoms with Gasteiger partial charge in [0.15, 0.2) is 23.0 Å². The van der Waals surface area contributed by atoms with Crippen LogP contribution < -0.4 is 8.37 Å². The van der Waals surface area contributed by atoms with E-state index in [4.69, 9.17) is 8.37 Å². The van der Waals surface area contributed by atoms with Crippen molar-refractivity contribution >= 4 is 11.4 Å². The van der Waals surface area contributed by atoms with E-state index in [2.05, 4.69) is 0 Å². The maximum Gasteiger partial charge on any atom is 0.417 e. The number of phenolic OH excluding ortho intramolecular Hbond substituents is 2. The van der Waals surface area contributed by atoms with E-state index in [1.165, 1.54) is 24.3 Å². The zero-order valence-electron chi connectivity index (χ0n) is 9.15. The Kier molecular flexibility index (Phi) is 3.69. The molecule has 2 aromatic carbocycles. The second-order valence-electron chi connectivity index (χ2n) is 3.31. The van der Waals surface area contributed by atoms with Gasteiger partial charge in [0.1, 0.15) is 0 Å². The molecule has 0 atom stereocenters. The molecule has 0 aliphatic carbocycles. The summed E-state index contributed by atoms with van der Waals surface area (Å²) in [6, 6.07) is 12.1. The van der Waals surface area contributed by atoms with Crippen molar-refractivity contribution in [2.45, 2.75) is 0 Å². The van der Waals surface area contributed by atoms with E-state index in [1.54, 1.807) is 24.3 Å². The Balaban J connectivity index is 2.06. The van der Waals surface area contributed by atoms with Gasteiger partial charge in [-0.2, -0.15) is 4.21 Å². The van der Waals surface area contributed by atoms with E-state index < -0.39 is 11.4 Å². The molecule has 18 heavy (non-hydrogen) atoms. The molecule has 0 aromatic heterocycles. The van der Waals surface area contributed by atoms with Crippen LogP contribution in [0.3, 0.4) is 0 Å². The predicted octanol–water partition coefficient (Wildman–Crippen LogP) is 2.13. The Bertz CT molecular complexity index is 520. The monoisotopic (exact) mass is 266 g/mol. The van der Waals surface area contributed by atoms with Crippen LogP contribution in [0.15, 0.2) is 48.5 Å². The van der Waals surface area contributed by atoms with Gasteiger partial charge >= 0.3 is 11.4 Å². The summed E-state index contributed by atoms with van der Waals surface area (Å²) in [7, 11) is 0. The van der Waals surface area contributed by atoms with Crippen molar-refractivity contribution in [3.8, 4) is 23.0 Å². The Morgan fingerprint density at radius 3 is 1.56 bits per heavy atom. The third-order valence-electron chi connectivity index (χ3n) is 2.05. The second kappa shape index (κ2) is 5.42. The standard InChI is InChI=1S/C12H10O5S/c13-9-5-1-3-7-11(9)16-18(15)17-12-8-4-2-6-10(12)14/h1-8,13-14H. The molecule has 0 bridgehead atoms. The van der Waals surface area contributed by atoms with E-state index >= 15 is 0 Å². The molecule has 0 saturated heterocycles. The van der Waals surface area contributed by atoms with Crippen molar-refractivity contribution in [1.29, 1.82) is 0 Å². The van der Waals surface area contributed by atoms with Crippen LogP contribution in [0.2, 0.25) is 0 Å². The van der Waals surface area contributed by atoms with Gasteiger partial charge in [-0.1, -0.05) is 24.3 Å². The van der Waals surface area contributed by atoms with E-state index in [-0.39, 0.29) is 23.0 Å². The summed E-state index contributed by atoms with van der Waals surface area (Å²) in [5.74, 6) is -0.226. The van der Waals surface area contributed by atoms with Crippen LogP contribution in [-0.4, -0.2) is 14.4 Å². The van der Waals surface area contributed by atoms with E-state index in [0.717, 1.165) is 0 Å². The molecule has 5 nitrogen and oxygen atoms in total. The number of hydrogen-bond acceptors (Lipinski definition) is 5. The highest BCUT2D eigenvalue weighted by Crippen LogP contribution is 2.28. The van der Waals surface area contributed by atoms with Gasteiger partial charge in [0.25, 0.3) is 0 Å². The summed E-state index contributed by atoms with van der Waals surface area (Å²) in [6.45, 7) is 0. The molecular formula is C12H10O5S. The Labute approximate surface area is 106 Å². The molecule has 0 spiro atoms. The molecule has 0 amide bonds. The minimum absolute atomic E-state index is 0.0336. The van der Waals surface area contributed by atoms with E-state index in [1.807, 2.05) is 0 Å². The lowest BCUT2D eigenvalue weighted by Crippen LogP contribution is -2.08. The number of phenols is 2. The van der Waals surface area contributed by atoms with Gasteiger partial charge in [0.2, 0.25) is 0 Å². The Morgan fingerprint density at radius 1 is 0.778 bits per heavy atom. The average molecular weight is 266 g/mol. The largest absolute Gasteiger partial charge is 0.504 e. The first-order valence-electron chi connectivity index (χ1n) is 5.01. The van der Waals surface area contributed by atoms with Gasteiger partial charge in [-0.25, -0.2) is 0 Å². The highest BCUT2D eigenvalue weighted by atomic mass is 32.2. The normalized spacial score (nSPS) is 10.3. The van der Waals surface area contributed by atoms with Crippen LogP contribution in [0.5, 0.6) is 23.0 Å². The van der Waals surface area contributed by atoms with Gasteiger partial charge in [0, 0.05) is 0 Å². The first-order valence-corrected chi connectivity index (χ1v) is 6.01. The molecule has 0 saturated carbocycles. The van der Waals surface area contributed by atoms with Crippen LogP contribution >= 0.6 is 0 Å². The third-order valence-corrected chi connectivity index (χ3v) is 2.68. The lowest BCUT2D eigenvalue weighted by Gasteiger charge is -2.07. The molecule has 0 aliphatic heterocycles. The molecular weight excluding hydrogens is 256 g/mol. The number of hydrogen-bond donors (Lipinski definition) is 2. The van der Waals surface area contributed by atoms with Gasteiger partial charge in [-0.15, -0.1) is 0 Å². The third kappa shape index (κ3) is 2.92. The summed E-state index contributed by atoms with van der Waals surface area (Å²) in [5, 5.41) is 18.8. The van der Waals surface area contributed by atoms with Crippen LogP contribution in [0, 0.1) is 0 Å². The molecule has 94 valence electrons. The molecule has 0 unspecified atom stereocenters. The average Bonchev–Trinajstić information content (AvgIpc) is 2.35. The quantitative estimate of drug-likeness (QED) is 0.886. The minimum Gasteiger partial charge on any atom is -0.504 e. The van der Waals surface area contributed by atoms with Gasteiger partial charge in [-0.3, -0.25) is 0 Å². The van der Waals surface area contributed by atoms with Gasteiger partial charge in [-0.05, 0) is 24.3 Å². The topological polar surface area (TPSA) is 76.0 Å². The molecule has 0 radical (unpaired) electrons. The number of aromatic hydroxyl groups is 2. The molecule has 2 rings (SSSR count). The van der Waals surface area contributed by atoms with E-state index in [9.17, 15) is 14.4 Å². The zero-order chi connectivity index (χ0) is 13.0. The number of rotatable bonds is 4. The highest BCUT2D eigenvalue weighted by molar-refractivity contribution is 7.76. The van der Waals surface area contributed by atoms with Gasteiger partial charge in [0.05, 0.1) is 0 Å². The molecule has 6 heteroatoms. The van der Waals surface area contributed by atoms with Crippen molar-refractivity contribution in [3.05, 3.63) is 48.5 Å². The maximum absolute atomic E-state index is 11.5. The summed E-state index contributed by atoms with van der Waals surface area (Å²) < 4.78 is 21.3. The van der Waals surface area contributed by atoms with Crippen molar-refractivity contribution in [1.82, 2.24) is 0 Å². The fourth-order valence-electron chi connectivity index (χ4n) is 1.22. The molecule has 2 N–H and O–H groups in total. The lowest BCUT2D eigenvalue weighted by molar-refractivity contribution is 0.405. The number of benzene rings is 2. The fourth-order valence-corrected chi connectivity index (χ4v) is 1.83. The maximum atomic E-state index is 11.5. The summed E-state index contributed by atoms with van der Waals surface area (Å²) in [4.78, 5) is 0. The molecule has 0 aliphatic rings. The summed E-state index contributed by atoms with van der Waals surface area (Å²) in [5.41, 5.74) is 0. The van der Waals surface area contributed by atoms with Gasteiger partial charge < -0.3 is 18.6 Å². The lowest BCUT2D eigenvalue weighted by atomic mass is 10.3. The summed E-state index contributed by atoms with van der Waals surface area (Å²) in [6.07, 6.45) is 0. The first-order chi connectivity index (χ1) is 8.66. The van der Waals surface area contributed by atoms with E-state index in [0.29, 0.717) is 0 Å². The Morgan fingerprint density at radius 2 is 1.17 bits per heavy atom. The first kappa shape index (κ1) is 12.3. The van der Waals surface area contributed by atoms with Crippen molar-refractivity contribution in [2.24, 2.45) is 0 Å². The van der Waals surface area contributed by atoms with Crippen molar-refractivity contribution in [2.75, 3.05) is 0 Å². The van der Waals surface area contributed by atoms with Crippen LogP contribution in [-0.2, 0) is 11.4 Å². The van der Waals surface area contributed by atoms with Crippen LogP contribution in [0.4, 0.5) is 0 Å². The molecule has 2 aromatic rings. The smallest absolute Gasteiger partial charge is 0.417 e. The minimum atomic E-state index is -2.16. The van der Waals surface area contributed by atoms with Crippen molar-refractivity contribution < 1.29 is 22.8 Å². The van der Waals surface area contributed by atoms with Crippen LogP contribution in [0.25, 0.3) is 0 Å². The van der Waals surface area contributed by atoms with Crippen LogP contribution in [0.1, 0.15) is 0 Å². The fraction of sp³-hybridized carbons (Fsp3) is 0.